The monoisotopic (exact) mass is 233 g/mol. The highest BCUT2D eigenvalue weighted by atomic mass is 16.5. The Morgan fingerprint density at radius 3 is 2.65 bits per heavy atom. The molecular weight excluding hydrogens is 210 g/mol. The van der Waals surface area contributed by atoms with Crippen LogP contribution in [0.5, 0.6) is 0 Å². The minimum absolute atomic E-state index is 0.171. The Hall–Kier alpha value is -0.860. The first-order chi connectivity index (χ1) is 8.12. The molecule has 0 aromatic heterocycles. The molecular formula is C15H23NO. The van der Waals surface area contributed by atoms with Crippen LogP contribution in [-0.4, -0.2) is 18.2 Å². The van der Waals surface area contributed by atoms with E-state index in [1.54, 1.807) is 0 Å². The lowest BCUT2D eigenvalue weighted by Crippen LogP contribution is -2.46. The number of hydrogen-bond donors (Lipinski definition) is 1. The number of ether oxygens (including phenoxy) is 1. The van der Waals surface area contributed by atoms with Gasteiger partial charge in [0.2, 0.25) is 0 Å². The van der Waals surface area contributed by atoms with Crippen molar-refractivity contribution in [1.82, 2.24) is 5.32 Å². The average molecular weight is 233 g/mol. The minimum Gasteiger partial charge on any atom is -0.372 e. The van der Waals surface area contributed by atoms with Gasteiger partial charge in [-0.3, -0.25) is 0 Å². The Balaban J connectivity index is 2.21. The van der Waals surface area contributed by atoms with Gasteiger partial charge in [-0.15, -0.1) is 0 Å². The summed E-state index contributed by atoms with van der Waals surface area (Å²) in [7, 11) is 0. The Bertz CT molecular complexity index is 347. The molecule has 2 heteroatoms. The van der Waals surface area contributed by atoms with E-state index in [9.17, 15) is 0 Å². The van der Waals surface area contributed by atoms with E-state index >= 15 is 0 Å². The van der Waals surface area contributed by atoms with Crippen LogP contribution < -0.4 is 5.32 Å². The summed E-state index contributed by atoms with van der Waals surface area (Å²) in [5.74, 6) is 0. The van der Waals surface area contributed by atoms with E-state index in [0.717, 1.165) is 19.4 Å². The van der Waals surface area contributed by atoms with Crippen molar-refractivity contribution < 1.29 is 4.74 Å². The molecule has 1 aliphatic heterocycles. The second kappa shape index (κ2) is 5.19. The van der Waals surface area contributed by atoms with Gasteiger partial charge >= 0.3 is 0 Å². The normalized spacial score (nSPS) is 28.6. The molecule has 0 aliphatic carbocycles. The molecule has 2 unspecified atom stereocenters. The predicted molar refractivity (Wildman–Crippen MR) is 71.0 cm³/mol. The van der Waals surface area contributed by atoms with Crippen molar-refractivity contribution in [3.8, 4) is 0 Å². The van der Waals surface area contributed by atoms with E-state index in [1.807, 2.05) is 0 Å². The van der Waals surface area contributed by atoms with E-state index in [2.05, 4.69) is 56.4 Å². The van der Waals surface area contributed by atoms with Crippen molar-refractivity contribution in [1.29, 1.82) is 0 Å². The van der Waals surface area contributed by atoms with Gasteiger partial charge in [-0.2, -0.15) is 0 Å². The number of hydrogen-bond acceptors (Lipinski definition) is 2. The highest BCUT2D eigenvalue weighted by Crippen LogP contribution is 2.29. The number of nitrogens with one attached hydrogen (secondary N) is 1. The van der Waals surface area contributed by atoms with Crippen LogP contribution in [0.25, 0.3) is 0 Å². The molecule has 2 atom stereocenters. The lowest BCUT2D eigenvalue weighted by Gasteiger charge is -2.31. The molecule has 2 nitrogen and oxygen atoms in total. The van der Waals surface area contributed by atoms with E-state index in [0.29, 0.717) is 6.04 Å². The quantitative estimate of drug-likeness (QED) is 0.846. The maximum atomic E-state index is 6.07. The molecule has 1 saturated heterocycles. The third-order valence-corrected chi connectivity index (χ3v) is 3.53. The van der Waals surface area contributed by atoms with Crippen LogP contribution in [0, 0.1) is 0 Å². The van der Waals surface area contributed by atoms with Gasteiger partial charge in [0.25, 0.3) is 0 Å². The van der Waals surface area contributed by atoms with E-state index in [4.69, 9.17) is 4.74 Å². The van der Waals surface area contributed by atoms with Gasteiger partial charge in [0.05, 0.1) is 6.10 Å². The van der Waals surface area contributed by atoms with Crippen LogP contribution in [-0.2, 0) is 4.74 Å². The fraction of sp³-hybridized carbons (Fsp3) is 0.600. The molecule has 17 heavy (non-hydrogen) atoms. The molecule has 2 rings (SSSR count). The predicted octanol–water partition coefficient (Wildman–Crippen LogP) is 3.29. The van der Waals surface area contributed by atoms with Crippen LogP contribution in [0.4, 0.5) is 0 Å². The second-order valence-corrected chi connectivity index (χ2v) is 5.50. The summed E-state index contributed by atoms with van der Waals surface area (Å²) < 4.78 is 6.07. The smallest absolute Gasteiger partial charge is 0.0977 e. The summed E-state index contributed by atoms with van der Waals surface area (Å²) in [5.41, 5.74) is 1.45. The topological polar surface area (TPSA) is 21.3 Å². The molecule has 0 amide bonds. The van der Waals surface area contributed by atoms with Crippen LogP contribution in [0.1, 0.15) is 45.3 Å². The molecule has 1 aromatic rings. The van der Waals surface area contributed by atoms with E-state index in [-0.39, 0.29) is 11.6 Å². The molecule has 1 aliphatic rings. The Morgan fingerprint density at radius 2 is 2.00 bits per heavy atom. The van der Waals surface area contributed by atoms with Crippen LogP contribution in [0.15, 0.2) is 30.3 Å². The SMILES string of the molecule is CCC1NC(C)(C)CCOC1c1ccccc1. The first-order valence-corrected chi connectivity index (χ1v) is 6.56. The van der Waals surface area contributed by atoms with Crippen LogP contribution >= 0.6 is 0 Å². The van der Waals surface area contributed by atoms with Crippen molar-refractivity contribution in [2.75, 3.05) is 6.61 Å². The molecule has 1 aromatic carbocycles. The lowest BCUT2D eigenvalue weighted by atomic mass is 9.96. The molecule has 1 heterocycles. The summed E-state index contributed by atoms with van der Waals surface area (Å²) in [6, 6.07) is 10.9. The summed E-state index contributed by atoms with van der Waals surface area (Å²) in [6.07, 6.45) is 2.33. The maximum Gasteiger partial charge on any atom is 0.0977 e. The summed E-state index contributed by atoms with van der Waals surface area (Å²) in [5, 5.41) is 3.73. The van der Waals surface area contributed by atoms with Crippen molar-refractivity contribution in [3.05, 3.63) is 35.9 Å². The minimum atomic E-state index is 0.171. The Labute approximate surface area is 104 Å². The Kier molecular flexibility index (Phi) is 3.85. The number of rotatable bonds is 2. The van der Waals surface area contributed by atoms with Gasteiger partial charge in [0, 0.05) is 18.2 Å². The highest BCUT2D eigenvalue weighted by Gasteiger charge is 2.31. The Morgan fingerprint density at radius 1 is 1.29 bits per heavy atom. The first-order valence-electron chi connectivity index (χ1n) is 6.56. The second-order valence-electron chi connectivity index (χ2n) is 5.50. The van der Waals surface area contributed by atoms with Gasteiger partial charge < -0.3 is 10.1 Å². The largest absolute Gasteiger partial charge is 0.372 e. The highest BCUT2D eigenvalue weighted by molar-refractivity contribution is 5.19. The van der Waals surface area contributed by atoms with Gasteiger partial charge in [-0.05, 0) is 32.3 Å². The van der Waals surface area contributed by atoms with Crippen LogP contribution in [0.3, 0.4) is 0 Å². The van der Waals surface area contributed by atoms with E-state index < -0.39 is 0 Å². The third kappa shape index (κ3) is 3.08. The van der Waals surface area contributed by atoms with Crippen molar-refractivity contribution in [3.63, 3.8) is 0 Å². The number of benzene rings is 1. The zero-order chi connectivity index (χ0) is 12.3. The molecule has 0 spiro atoms. The molecule has 0 saturated carbocycles. The van der Waals surface area contributed by atoms with Gasteiger partial charge in [-0.25, -0.2) is 0 Å². The first kappa shape index (κ1) is 12.6. The van der Waals surface area contributed by atoms with Crippen molar-refractivity contribution in [2.45, 2.75) is 51.3 Å². The summed E-state index contributed by atoms with van der Waals surface area (Å²) in [6.45, 7) is 7.56. The van der Waals surface area contributed by atoms with Crippen molar-refractivity contribution in [2.24, 2.45) is 0 Å². The zero-order valence-corrected chi connectivity index (χ0v) is 11.1. The zero-order valence-electron chi connectivity index (χ0n) is 11.1. The third-order valence-electron chi connectivity index (χ3n) is 3.53. The van der Waals surface area contributed by atoms with Gasteiger partial charge in [-0.1, -0.05) is 37.3 Å². The average Bonchev–Trinajstić information content (AvgIpc) is 2.48. The fourth-order valence-electron chi connectivity index (χ4n) is 2.49. The fourth-order valence-corrected chi connectivity index (χ4v) is 2.49. The molecule has 1 N–H and O–H groups in total. The van der Waals surface area contributed by atoms with Crippen LogP contribution in [0.2, 0.25) is 0 Å². The molecule has 0 radical (unpaired) electrons. The molecule has 1 fully saturated rings. The standard InChI is InChI=1S/C15H23NO/c1-4-13-14(12-8-6-5-7-9-12)17-11-10-15(2,3)16-13/h5-9,13-14,16H,4,10-11H2,1-3H3. The van der Waals surface area contributed by atoms with Gasteiger partial charge in [0.15, 0.2) is 0 Å². The van der Waals surface area contributed by atoms with Gasteiger partial charge in [0.1, 0.15) is 0 Å². The van der Waals surface area contributed by atoms with Crippen molar-refractivity contribution >= 4 is 0 Å². The summed E-state index contributed by atoms with van der Waals surface area (Å²) >= 11 is 0. The van der Waals surface area contributed by atoms with E-state index in [1.165, 1.54) is 5.56 Å². The molecule has 0 bridgehead atoms. The maximum absolute atomic E-state index is 6.07. The molecule has 94 valence electrons. The lowest BCUT2D eigenvalue weighted by molar-refractivity contribution is 0.0410. The summed E-state index contributed by atoms with van der Waals surface area (Å²) in [4.78, 5) is 0.